The predicted octanol–water partition coefficient (Wildman–Crippen LogP) is 4.51. The molecule has 31 heavy (non-hydrogen) atoms. The molecule has 3 aromatic rings. The first-order valence-electron chi connectivity index (χ1n) is 9.86. The summed E-state index contributed by atoms with van der Waals surface area (Å²) in [6, 6.07) is 9.63. The molecule has 1 saturated heterocycles. The molecule has 0 aliphatic carbocycles. The third-order valence-electron chi connectivity index (χ3n) is 5.30. The average Bonchev–Trinajstić information content (AvgIpc) is 2.78. The van der Waals surface area contributed by atoms with E-state index in [1.807, 2.05) is 0 Å². The van der Waals surface area contributed by atoms with Crippen LogP contribution in [0.25, 0.3) is 11.1 Å². The Morgan fingerprint density at radius 2 is 1.94 bits per heavy atom. The van der Waals surface area contributed by atoms with Crippen molar-refractivity contribution in [3.8, 4) is 11.1 Å². The number of nitrogens with zero attached hydrogens (tertiary/aromatic N) is 4. The molecule has 1 aliphatic heterocycles. The van der Waals surface area contributed by atoms with E-state index < -0.39 is 17.8 Å². The fourth-order valence-corrected chi connectivity index (χ4v) is 3.84. The lowest BCUT2D eigenvalue weighted by atomic mass is 9.93. The fraction of sp³-hybridized carbons (Fsp3) is 0.273. The van der Waals surface area contributed by atoms with Crippen LogP contribution in [-0.2, 0) is 6.18 Å². The third kappa shape index (κ3) is 4.35. The van der Waals surface area contributed by atoms with Crippen molar-refractivity contribution >= 4 is 11.9 Å². The van der Waals surface area contributed by atoms with Crippen LogP contribution in [0.3, 0.4) is 0 Å². The van der Waals surface area contributed by atoms with Crippen molar-refractivity contribution in [2.75, 3.05) is 12.3 Å². The highest BCUT2D eigenvalue weighted by Gasteiger charge is 2.34. The molecule has 0 unspecified atom stereocenters. The number of benzene rings is 1. The van der Waals surface area contributed by atoms with Crippen LogP contribution in [0.15, 0.2) is 54.9 Å². The van der Waals surface area contributed by atoms with Crippen LogP contribution in [0.1, 0.15) is 47.1 Å². The Morgan fingerprint density at radius 3 is 2.68 bits per heavy atom. The van der Waals surface area contributed by atoms with Crippen LogP contribution in [0.5, 0.6) is 0 Å². The maximum atomic E-state index is 13.2. The molecule has 6 nitrogen and oxygen atoms in total. The van der Waals surface area contributed by atoms with Gasteiger partial charge >= 0.3 is 6.18 Å². The number of aromatic nitrogens is 3. The van der Waals surface area contributed by atoms with E-state index in [0.717, 1.165) is 25.0 Å². The topological polar surface area (TPSA) is 85.0 Å². The van der Waals surface area contributed by atoms with Crippen molar-refractivity contribution in [1.82, 2.24) is 19.9 Å². The summed E-state index contributed by atoms with van der Waals surface area (Å²) in [7, 11) is 0. The highest BCUT2D eigenvalue weighted by molar-refractivity contribution is 5.92. The number of rotatable bonds is 3. The Bertz CT molecular complexity index is 1090. The molecule has 2 N–H and O–H groups in total. The zero-order valence-electron chi connectivity index (χ0n) is 16.5. The summed E-state index contributed by atoms with van der Waals surface area (Å²) in [6.07, 6.45) is 0.767. The van der Waals surface area contributed by atoms with E-state index in [-0.39, 0.29) is 11.9 Å². The van der Waals surface area contributed by atoms with E-state index in [1.165, 1.54) is 12.3 Å². The molecule has 1 fully saturated rings. The molecule has 1 amide bonds. The van der Waals surface area contributed by atoms with Gasteiger partial charge in [0, 0.05) is 24.5 Å². The zero-order valence-corrected chi connectivity index (χ0v) is 16.5. The first kappa shape index (κ1) is 20.8. The lowest BCUT2D eigenvalue weighted by Gasteiger charge is -2.36. The van der Waals surface area contributed by atoms with Crippen LogP contribution < -0.4 is 5.73 Å². The van der Waals surface area contributed by atoms with Crippen molar-refractivity contribution in [1.29, 1.82) is 0 Å². The molecule has 0 spiro atoms. The van der Waals surface area contributed by atoms with Gasteiger partial charge in [-0.15, -0.1) is 0 Å². The van der Waals surface area contributed by atoms with Gasteiger partial charge < -0.3 is 10.6 Å². The molecule has 0 saturated carbocycles. The second-order valence-corrected chi connectivity index (χ2v) is 7.33. The summed E-state index contributed by atoms with van der Waals surface area (Å²) in [5, 5.41) is 0. The van der Waals surface area contributed by atoms with Gasteiger partial charge in [-0.2, -0.15) is 13.2 Å². The van der Waals surface area contributed by atoms with Crippen LogP contribution >= 0.6 is 0 Å². The summed E-state index contributed by atoms with van der Waals surface area (Å²) < 4.78 is 39.7. The summed E-state index contributed by atoms with van der Waals surface area (Å²) in [6.45, 7) is 0.492. The minimum absolute atomic E-state index is 0.00142. The van der Waals surface area contributed by atoms with E-state index in [2.05, 4.69) is 15.0 Å². The monoisotopic (exact) mass is 427 g/mol. The van der Waals surface area contributed by atoms with E-state index in [4.69, 9.17) is 5.73 Å². The highest BCUT2D eigenvalue weighted by Crippen LogP contribution is 2.38. The number of piperidine rings is 1. The standard InChI is InChI=1S/C22H20F3N5O/c23-22(24,25)15-7-5-6-14(12-15)16-13-28-21(26)29-19(16)18-9-2-4-11-30(18)20(31)17-8-1-3-10-27-17/h1,3,5-8,10,12-13,18H,2,4,9,11H2,(H2,26,28,29)/t18-/m1/s1. The van der Waals surface area contributed by atoms with Crippen molar-refractivity contribution in [3.05, 3.63) is 71.8 Å². The number of anilines is 1. The van der Waals surface area contributed by atoms with Crippen molar-refractivity contribution < 1.29 is 18.0 Å². The minimum Gasteiger partial charge on any atom is -0.368 e. The minimum atomic E-state index is -4.48. The number of carbonyl (C=O) groups excluding carboxylic acids is 1. The molecule has 1 aromatic carbocycles. The maximum Gasteiger partial charge on any atom is 0.416 e. The largest absolute Gasteiger partial charge is 0.416 e. The zero-order chi connectivity index (χ0) is 22.0. The Morgan fingerprint density at radius 1 is 1.10 bits per heavy atom. The molecule has 2 aromatic heterocycles. The second kappa shape index (κ2) is 8.33. The van der Waals surface area contributed by atoms with Gasteiger partial charge in [0.2, 0.25) is 5.95 Å². The first-order chi connectivity index (χ1) is 14.8. The molecule has 9 heteroatoms. The van der Waals surface area contributed by atoms with Gasteiger partial charge in [0.15, 0.2) is 0 Å². The summed E-state index contributed by atoms with van der Waals surface area (Å²) in [5.41, 5.74) is 6.55. The van der Waals surface area contributed by atoms with Crippen molar-refractivity contribution in [2.45, 2.75) is 31.5 Å². The Labute approximate surface area is 177 Å². The number of carbonyl (C=O) groups is 1. The molecule has 160 valence electrons. The number of pyridine rings is 1. The number of nitrogens with two attached hydrogens (primary N) is 1. The lowest BCUT2D eigenvalue weighted by molar-refractivity contribution is -0.137. The van der Waals surface area contributed by atoms with E-state index in [0.29, 0.717) is 35.5 Å². The van der Waals surface area contributed by atoms with Crippen LogP contribution in [-0.4, -0.2) is 32.3 Å². The van der Waals surface area contributed by atoms with Gasteiger partial charge in [-0.3, -0.25) is 9.78 Å². The molecule has 4 rings (SSSR count). The average molecular weight is 427 g/mol. The quantitative estimate of drug-likeness (QED) is 0.665. The van der Waals surface area contributed by atoms with Gasteiger partial charge in [0.25, 0.3) is 5.91 Å². The number of hydrogen-bond donors (Lipinski definition) is 1. The highest BCUT2D eigenvalue weighted by atomic mass is 19.4. The summed E-state index contributed by atoms with van der Waals surface area (Å²) in [5.74, 6) is -0.251. The normalized spacial score (nSPS) is 16.9. The maximum absolute atomic E-state index is 13.2. The van der Waals surface area contributed by atoms with Gasteiger partial charge in [-0.1, -0.05) is 18.2 Å². The van der Waals surface area contributed by atoms with Gasteiger partial charge in [-0.25, -0.2) is 9.97 Å². The van der Waals surface area contributed by atoms with Crippen LogP contribution in [0, 0.1) is 0 Å². The number of alkyl halides is 3. The van der Waals surface area contributed by atoms with Gasteiger partial charge in [-0.05, 0) is 49.1 Å². The summed E-state index contributed by atoms with van der Waals surface area (Å²) >= 11 is 0. The molecule has 0 radical (unpaired) electrons. The van der Waals surface area contributed by atoms with E-state index in [1.54, 1.807) is 35.4 Å². The summed E-state index contributed by atoms with van der Waals surface area (Å²) in [4.78, 5) is 27.3. The van der Waals surface area contributed by atoms with Gasteiger partial charge in [0.1, 0.15) is 5.69 Å². The van der Waals surface area contributed by atoms with E-state index in [9.17, 15) is 18.0 Å². The number of nitrogen functional groups attached to an aromatic ring is 1. The fourth-order valence-electron chi connectivity index (χ4n) is 3.84. The Kier molecular flexibility index (Phi) is 5.58. The molecule has 1 aliphatic rings. The number of amides is 1. The predicted molar refractivity (Wildman–Crippen MR) is 109 cm³/mol. The smallest absolute Gasteiger partial charge is 0.368 e. The van der Waals surface area contributed by atoms with Crippen molar-refractivity contribution in [3.63, 3.8) is 0 Å². The van der Waals surface area contributed by atoms with E-state index >= 15 is 0 Å². The molecule has 1 atom stereocenters. The Hall–Kier alpha value is -3.49. The van der Waals surface area contributed by atoms with Crippen LogP contribution in [0.2, 0.25) is 0 Å². The lowest BCUT2D eigenvalue weighted by Crippen LogP contribution is -2.39. The molecular formula is C22H20F3N5O. The number of hydrogen-bond acceptors (Lipinski definition) is 5. The SMILES string of the molecule is Nc1ncc(-c2cccc(C(F)(F)F)c2)c([C@H]2CCCCN2C(=O)c2ccccn2)n1. The second-order valence-electron chi connectivity index (χ2n) is 7.33. The van der Waals surface area contributed by atoms with Crippen LogP contribution in [0.4, 0.5) is 19.1 Å². The van der Waals surface area contributed by atoms with Crippen molar-refractivity contribution in [2.24, 2.45) is 0 Å². The molecule has 0 bridgehead atoms. The number of likely N-dealkylation sites (tertiary alicyclic amines) is 1. The molecular weight excluding hydrogens is 407 g/mol. The third-order valence-corrected chi connectivity index (χ3v) is 5.30. The first-order valence-corrected chi connectivity index (χ1v) is 9.86. The number of halogens is 3. The Balaban J connectivity index is 1.78. The van der Waals surface area contributed by atoms with Gasteiger partial charge in [0.05, 0.1) is 17.3 Å². The molecule has 3 heterocycles.